The first-order chi connectivity index (χ1) is 23.0. The van der Waals surface area contributed by atoms with Gasteiger partial charge in [-0.25, -0.2) is 13.9 Å². The third kappa shape index (κ3) is 8.78. The van der Waals surface area contributed by atoms with Gasteiger partial charge in [0, 0.05) is 32.1 Å². The molecule has 48 heavy (non-hydrogen) atoms. The number of carbonyl (C=O) groups is 2. The zero-order valence-electron chi connectivity index (χ0n) is 28.3. The maximum absolute atomic E-state index is 15.3. The van der Waals surface area contributed by atoms with Crippen molar-refractivity contribution in [3.63, 3.8) is 0 Å². The number of benzene rings is 2. The molecule has 0 spiro atoms. The number of fused-ring (bicyclic) bond motifs is 1. The number of aliphatic hydroxyl groups excluding tert-OH is 1. The number of nitrogens with zero attached hydrogens (tertiary/aromatic N) is 5. The molecule has 11 nitrogen and oxygen atoms in total. The van der Waals surface area contributed by atoms with E-state index in [4.69, 9.17) is 14.2 Å². The lowest BCUT2D eigenvalue weighted by Crippen LogP contribution is -2.48. The molecule has 2 aliphatic heterocycles. The molecule has 5 atom stereocenters. The average molecular weight is 664 g/mol. The first kappa shape index (κ1) is 35.0. The number of aliphatic hydroxyl groups is 1. The van der Waals surface area contributed by atoms with Crippen LogP contribution < -0.4 is 4.74 Å². The summed E-state index contributed by atoms with van der Waals surface area (Å²) in [6, 6.07) is 10.7. The van der Waals surface area contributed by atoms with Gasteiger partial charge in [0.05, 0.1) is 31.7 Å². The van der Waals surface area contributed by atoms with Gasteiger partial charge in [0.25, 0.3) is 0 Å². The summed E-state index contributed by atoms with van der Waals surface area (Å²) in [7, 11) is 3.63. The van der Waals surface area contributed by atoms with E-state index in [1.807, 2.05) is 70.3 Å². The number of ether oxygens (including phenoxy) is 3. The summed E-state index contributed by atoms with van der Waals surface area (Å²) in [6.07, 6.45) is 3.82. The fourth-order valence-electron chi connectivity index (χ4n) is 6.13. The number of esters is 1. The minimum atomic E-state index is -0.896. The molecular weight excluding hydrogens is 617 g/mol. The van der Waals surface area contributed by atoms with Crippen LogP contribution in [0, 0.1) is 17.7 Å². The molecule has 2 aromatic carbocycles. The van der Waals surface area contributed by atoms with E-state index in [2.05, 4.69) is 15.2 Å². The Labute approximate surface area is 280 Å². The average Bonchev–Trinajstić information content (AvgIpc) is 3.47. The van der Waals surface area contributed by atoms with E-state index in [-0.39, 0.29) is 29.9 Å². The number of methoxy groups -OCH3 is 1. The van der Waals surface area contributed by atoms with E-state index in [0.29, 0.717) is 49.1 Å². The molecular formula is C36H46FN5O6. The van der Waals surface area contributed by atoms with Gasteiger partial charge in [-0.3, -0.25) is 4.79 Å². The maximum Gasteiger partial charge on any atom is 0.410 e. The van der Waals surface area contributed by atoms with Crippen molar-refractivity contribution in [1.29, 1.82) is 0 Å². The fraction of sp³-hybridized carbons (Fsp3) is 0.500. The largest absolute Gasteiger partial charge is 0.497 e. The summed E-state index contributed by atoms with van der Waals surface area (Å²) in [6.45, 7) is 8.87. The number of aromatic nitrogens is 3. The maximum atomic E-state index is 15.3. The van der Waals surface area contributed by atoms with Crippen LogP contribution in [0.25, 0.3) is 17.1 Å². The second kappa shape index (κ2) is 15.7. The van der Waals surface area contributed by atoms with E-state index in [1.54, 1.807) is 22.8 Å². The van der Waals surface area contributed by atoms with Crippen LogP contribution in [0.2, 0.25) is 0 Å². The Morgan fingerprint density at radius 1 is 1.10 bits per heavy atom. The summed E-state index contributed by atoms with van der Waals surface area (Å²) in [5.41, 5.74) is 2.87. The summed E-state index contributed by atoms with van der Waals surface area (Å²) in [5, 5.41) is 18.9. The van der Waals surface area contributed by atoms with Crippen molar-refractivity contribution in [2.24, 2.45) is 11.8 Å². The molecule has 1 aromatic heterocycles. The summed E-state index contributed by atoms with van der Waals surface area (Å²) >= 11 is 0. The Hall–Kier alpha value is -4.29. The standard InChI is InChI=1S/C36H46FN5O6/c1-23-6-10-28(43)21-33(44)48-35(24(2)7-13-32(23)47-36(45)41-16-14-40(4)15-17-41)25(3)18-27-19-30(37)34-31(20-27)42(39-38-34)22-26-8-11-29(46-5)12-9-26/h7-9,11-13,18-20,23-24,28,32,35,43H,6,10,14-17,21-22H2,1-5H3/b13-7-,25-18+/t23-,24-,28+,32-,35-/m0/s1. The molecule has 2 aliphatic rings. The van der Waals surface area contributed by atoms with Crippen LogP contribution in [-0.4, -0.2) is 101 Å². The lowest BCUT2D eigenvalue weighted by atomic mass is 9.91. The molecule has 1 N–H and O–H groups in total. The van der Waals surface area contributed by atoms with Crippen LogP contribution in [0.1, 0.15) is 51.2 Å². The number of amides is 1. The number of hydrogen-bond acceptors (Lipinski definition) is 9. The molecule has 0 radical (unpaired) electrons. The van der Waals surface area contributed by atoms with Crippen molar-refractivity contribution in [3.05, 3.63) is 71.1 Å². The molecule has 0 unspecified atom stereocenters. The summed E-state index contributed by atoms with van der Waals surface area (Å²) < 4.78 is 34.1. The van der Waals surface area contributed by atoms with Gasteiger partial charge in [-0.2, -0.15) is 0 Å². The molecule has 258 valence electrons. The fourth-order valence-corrected chi connectivity index (χ4v) is 6.13. The second-order valence-corrected chi connectivity index (χ2v) is 13.1. The van der Waals surface area contributed by atoms with Gasteiger partial charge in [0.15, 0.2) is 5.82 Å². The van der Waals surface area contributed by atoms with Gasteiger partial charge in [-0.05, 0) is 79.8 Å². The van der Waals surface area contributed by atoms with Crippen LogP contribution in [0.3, 0.4) is 0 Å². The van der Waals surface area contributed by atoms with Crippen molar-refractivity contribution < 1.29 is 33.3 Å². The Morgan fingerprint density at radius 2 is 1.83 bits per heavy atom. The number of cyclic esters (lactones) is 1. The highest BCUT2D eigenvalue weighted by atomic mass is 19.1. The minimum absolute atomic E-state index is 0.0869. The van der Waals surface area contributed by atoms with Crippen molar-refractivity contribution in [1.82, 2.24) is 24.8 Å². The monoisotopic (exact) mass is 663 g/mol. The molecule has 3 aromatic rings. The second-order valence-electron chi connectivity index (χ2n) is 13.1. The third-order valence-corrected chi connectivity index (χ3v) is 9.19. The van der Waals surface area contributed by atoms with E-state index in [0.717, 1.165) is 24.4 Å². The van der Waals surface area contributed by atoms with Gasteiger partial charge in [0.1, 0.15) is 23.5 Å². The highest BCUT2D eigenvalue weighted by Crippen LogP contribution is 2.27. The Bertz CT molecular complexity index is 1630. The Balaban J connectivity index is 1.39. The minimum Gasteiger partial charge on any atom is -0.497 e. The van der Waals surface area contributed by atoms with E-state index >= 15 is 4.39 Å². The molecule has 1 saturated heterocycles. The Kier molecular flexibility index (Phi) is 11.5. The van der Waals surface area contributed by atoms with Gasteiger partial charge in [0.2, 0.25) is 0 Å². The lowest BCUT2D eigenvalue weighted by molar-refractivity contribution is -0.151. The number of rotatable bonds is 6. The molecule has 1 amide bonds. The molecule has 5 rings (SSSR count). The van der Waals surface area contributed by atoms with Crippen molar-refractivity contribution >= 4 is 29.2 Å². The number of carbonyl (C=O) groups excluding carboxylic acids is 2. The van der Waals surface area contributed by atoms with Crippen LogP contribution in [-0.2, 0) is 20.8 Å². The molecule has 12 heteroatoms. The van der Waals surface area contributed by atoms with E-state index in [1.165, 1.54) is 6.07 Å². The van der Waals surface area contributed by atoms with Crippen molar-refractivity contribution in [2.45, 2.75) is 64.9 Å². The van der Waals surface area contributed by atoms with Gasteiger partial charge < -0.3 is 29.1 Å². The number of likely N-dealkylation sites (N-methyl/N-ethyl adjacent to an activating group) is 1. The van der Waals surface area contributed by atoms with Crippen LogP contribution in [0.5, 0.6) is 5.75 Å². The van der Waals surface area contributed by atoms with Gasteiger partial charge in [-0.15, -0.1) is 5.10 Å². The molecule has 3 heterocycles. The van der Waals surface area contributed by atoms with Gasteiger partial charge in [-0.1, -0.05) is 43.3 Å². The summed E-state index contributed by atoms with van der Waals surface area (Å²) in [5.74, 6) is -0.710. The molecule has 0 saturated carbocycles. The zero-order chi connectivity index (χ0) is 34.4. The molecule has 0 bridgehead atoms. The Morgan fingerprint density at radius 3 is 2.54 bits per heavy atom. The highest BCUT2D eigenvalue weighted by molar-refractivity contribution is 5.79. The zero-order valence-corrected chi connectivity index (χ0v) is 28.3. The first-order valence-corrected chi connectivity index (χ1v) is 16.5. The predicted octanol–water partition coefficient (Wildman–Crippen LogP) is 5.07. The van der Waals surface area contributed by atoms with Crippen LogP contribution >= 0.6 is 0 Å². The summed E-state index contributed by atoms with van der Waals surface area (Å²) in [4.78, 5) is 29.9. The number of piperazine rings is 1. The number of halogens is 1. The number of hydrogen-bond donors (Lipinski definition) is 1. The smallest absolute Gasteiger partial charge is 0.410 e. The van der Waals surface area contributed by atoms with E-state index < -0.39 is 30.1 Å². The predicted molar refractivity (Wildman–Crippen MR) is 180 cm³/mol. The van der Waals surface area contributed by atoms with Crippen LogP contribution in [0.15, 0.2) is 54.1 Å². The van der Waals surface area contributed by atoms with Gasteiger partial charge >= 0.3 is 12.1 Å². The first-order valence-electron chi connectivity index (χ1n) is 16.5. The van der Waals surface area contributed by atoms with Crippen molar-refractivity contribution in [3.8, 4) is 5.75 Å². The normalized spacial score (nSPS) is 25.6. The highest BCUT2D eigenvalue weighted by Gasteiger charge is 2.29. The third-order valence-electron chi connectivity index (χ3n) is 9.19. The van der Waals surface area contributed by atoms with E-state index in [9.17, 15) is 14.7 Å². The SMILES string of the molecule is COc1ccc(Cn2nnc3c(F)cc(/C=C(\C)[C@H]4OC(=O)C[C@H](O)CC[C@H](C)[C@@H](OC(=O)N5CCN(C)CC5)/C=C\[C@@H]4C)cc32)cc1. The lowest BCUT2D eigenvalue weighted by Gasteiger charge is -2.33. The van der Waals surface area contributed by atoms with Crippen LogP contribution in [0.4, 0.5) is 9.18 Å². The molecule has 0 aliphatic carbocycles. The molecule has 1 fully saturated rings. The topological polar surface area (TPSA) is 119 Å². The quantitative estimate of drug-likeness (QED) is 0.285. The van der Waals surface area contributed by atoms with Crippen molar-refractivity contribution in [2.75, 3.05) is 40.3 Å².